The van der Waals surface area contributed by atoms with Gasteiger partial charge in [0.25, 0.3) is 0 Å². The van der Waals surface area contributed by atoms with E-state index in [1.54, 1.807) is 5.57 Å². The Morgan fingerprint density at radius 1 is 1.38 bits per heavy atom. The van der Waals surface area contributed by atoms with Crippen molar-refractivity contribution in [1.82, 2.24) is 0 Å². The van der Waals surface area contributed by atoms with E-state index in [1.807, 2.05) is 0 Å². The van der Waals surface area contributed by atoms with Gasteiger partial charge in [-0.2, -0.15) is 0 Å². The van der Waals surface area contributed by atoms with Gasteiger partial charge in [-0.1, -0.05) is 46.3 Å². The third-order valence-corrected chi connectivity index (χ3v) is 3.25. The van der Waals surface area contributed by atoms with E-state index in [0.29, 0.717) is 11.2 Å². The van der Waals surface area contributed by atoms with Crippen molar-refractivity contribution in [3.63, 3.8) is 0 Å². The van der Waals surface area contributed by atoms with E-state index >= 15 is 0 Å². The minimum absolute atomic E-state index is 0.368. The van der Waals surface area contributed by atoms with E-state index in [4.69, 9.17) is 0 Å². The van der Waals surface area contributed by atoms with E-state index < -0.39 is 0 Å². The van der Waals surface area contributed by atoms with E-state index in [9.17, 15) is 0 Å². The predicted molar refractivity (Wildman–Crippen MR) is 65.0 cm³/mol. The van der Waals surface area contributed by atoms with Gasteiger partial charge in [0.1, 0.15) is 7.85 Å². The highest BCUT2D eigenvalue weighted by Crippen LogP contribution is 2.29. The first-order chi connectivity index (χ1) is 5.80. The largest absolute Gasteiger partial charge is 0.111 e. The van der Waals surface area contributed by atoms with Gasteiger partial charge in [-0.25, -0.2) is 0 Å². The quantitative estimate of drug-likeness (QED) is 0.459. The molecule has 0 saturated carbocycles. The second-order valence-electron chi connectivity index (χ2n) is 5.26. The monoisotopic (exact) mass is 180 g/mol. The summed E-state index contributed by atoms with van der Waals surface area (Å²) in [5.74, 6) is 1.47. The molecule has 0 nitrogen and oxygen atoms in total. The van der Waals surface area contributed by atoms with Gasteiger partial charge in [-0.05, 0) is 30.5 Å². The minimum atomic E-state index is 0.368. The molecule has 0 spiro atoms. The lowest BCUT2D eigenvalue weighted by Gasteiger charge is -2.23. The van der Waals surface area contributed by atoms with Gasteiger partial charge in [-0.3, -0.25) is 0 Å². The Morgan fingerprint density at radius 3 is 2.15 bits per heavy atom. The normalized spacial score (nSPS) is 16.4. The minimum Gasteiger partial charge on any atom is -0.0814 e. The van der Waals surface area contributed by atoms with Crippen LogP contribution in [0.2, 0.25) is 5.82 Å². The van der Waals surface area contributed by atoms with Crippen LogP contribution in [0.4, 0.5) is 0 Å². The van der Waals surface area contributed by atoms with Gasteiger partial charge in [-0.15, -0.1) is 0 Å². The highest BCUT2D eigenvalue weighted by molar-refractivity contribution is 6.13. The molecule has 1 heteroatoms. The van der Waals surface area contributed by atoms with Crippen LogP contribution >= 0.6 is 0 Å². The molecule has 0 aromatic rings. The number of hydrogen-bond donors (Lipinski definition) is 0. The fourth-order valence-corrected chi connectivity index (χ4v) is 1.38. The summed E-state index contributed by atoms with van der Waals surface area (Å²) in [5, 5.41) is 0. The number of hydrogen-bond acceptors (Lipinski definition) is 0. The zero-order valence-electron chi connectivity index (χ0n) is 10.4. The number of rotatable bonds is 4. The van der Waals surface area contributed by atoms with Crippen molar-refractivity contribution in [3.8, 4) is 0 Å². The molecule has 13 heavy (non-hydrogen) atoms. The molecule has 0 radical (unpaired) electrons. The number of allylic oxidation sites excluding steroid dienone is 2. The third-order valence-electron chi connectivity index (χ3n) is 3.25. The average Bonchev–Trinajstić information content (AvgIpc) is 2.02. The Kier molecular flexibility index (Phi) is 4.81. The highest BCUT2D eigenvalue weighted by atomic mass is 14.2. The Labute approximate surface area is 85.2 Å². The molecule has 76 valence electrons. The van der Waals surface area contributed by atoms with Crippen LogP contribution in [0.3, 0.4) is 0 Å². The van der Waals surface area contributed by atoms with Crippen LogP contribution in [0, 0.1) is 11.3 Å². The van der Waals surface area contributed by atoms with E-state index in [0.717, 1.165) is 5.92 Å². The fourth-order valence-electron chi connectivity index (χ4n) is 1.38. The molecule has 0 aromatic carbocycles. The van der Waals surface area contributed by atoms with Gasteiger partial charge in [0.15, 0.2) is 0 Å². The summed E-state index contributed by atoms with van der Waals surface area (Å²) in [7, 11) is 2.32. The summed E-state index contributed by atoms with van der Waals surface area (Å²) < 4.78 is 0. The average molecular weight is 180 g/mol. The predicted octanol–water partition coefficient (Wildman–Crippen LogP) is 3.45. The summed E-state index contributed by atoms with van der Waals surface area (Å²) >= 11 is 0. The molecule has 0 amide bonds. The Morgan fingerprint density at radius 2 is 1.85 bits per heavy atom. The first-order valence-electron chi connectivity index (χ1n) is 5.49. The summed E-state index contributed by atoms with van der Waals surface area (Å²) in [4.78, 5) is 0. The molecule has 0 aliphatic heterocycles. The lowest BCUT2D eigenvalue weighted by Crippen LogP contribution is -2.10. The molecule has 0 saturated heterocycles. The lowest BCUT2D eigenvalue weighted by atomic mass is 9.71. The van der Waals surface area contributed by atoms with E-state index in [2.05, 4.69) is 55.5 Å². The maximum Gasteiger partial charge on any atom is 0.111 e. The van der Waals surface area contributed by atoms with Crippen LogP contribution in [0.25, 0.3) is 0 Å². The highest BCUT2D eigenvalue weighted by Gasteiger charge is 2.15. The summed E-state index contributed by atoms with van der Waals surface area (Å²) in [5.41, 5.74) is 1.91. The molecule has 0 aliphatic rings. The lowest BCUT2D eigenvalue weighted by molar-refractivity contribution is 0.455. The third kappa shape index (κ3) is 4.54. The van der Waals surface area contributed by atoms with E-state index in [-0.39, 0.29) is 0 Å². The van der Waals surface area contributed by atoms with Gasteiger partial charge in [0.2, 0.25) is 0 Å². The van der Waals surface area contributed by atoms with Crippen LogP contribution in [-0.4, -0.2) is 7.85 Å². The van der Waals surface area contributed by atoms with Crippen molar-refractivity contribution in [3.05, 3.63) is 11.6 Å². The second-order valence-corrected chi connectivity index (χ2v) is 5.26. The molecular formula is C12H25B. The standard InChI is InChI=1S/C12H25B/c1-7-12(5,6)8-10(4)11(13)9(2)3/h8-9,11H,7,13H2,1-6H3/b10-8+. The zero-order chi connectivity index (χ0) is 10.6. The van der Waals surface area contributed by atoms with Crippen LogP contribution in [0.5, 0.6) is 0 Å². The molecule has 1 atom stereocenters. The molecule has 0 fully saturated rings. The molecule has 0 bridgehead atoms. The van der Waals surface area contributed by atoms with Crippen LogP contribution in [0.15, 0.2) is 11.6 Å². The molecule has 0 aromatic heterocycles. The molecule has 0 rings (SSSR count). The smallest absolute Gasteiger partial charge is 0.0814 e. The van der Waals surface area contributed by atoms with Crippen molar-refractivity contribution in [2.45, 2.75) is 53.8 Å². The van der Waals surface area contributed by atoms with Gasteiger partial charge >= 0.3 is 0 Å². The summed E-state index contributed by atoms with van der Waals surface area (Å²) in [6.07, 6.45) is 3.66. The summed E-state index contributed by atoms with van der Waals surface area (Å²) in [6.45, 7) is 13.7. The van der Waals surface area contributed by atoms with Crippen molar-refractivity contribution >= 4 is 7.85 Å². The molecular weight excluding hydrogens is 155 g/mol. The maximum atomic E-state index is 2.44. The first kappa shape index (κ1) is 12.8. The Hall–Kier alpha value is -0.195. The first-order valence-corrected chi connectivity index (χ1v) is 5.49. The molecule has 0 N–H and O–H groups in total. The van der Waals surface area contributed by atoms with Crippen LogP contribution < -0.4 is 0 Å². The molecule has 0 aliphatic carbocycles. The Bertz CT molecular complexity index is 178. The van der Waals surface area contributed by atoms with Crippen LogP contribution in [0.1, 0.15) is 48.0 Å². The SMILES string of the molecule is BC(/C(C)=C/C(C)(C)CC)C(C)C. The molecule has 1 unspecified atom stereocenters. The van der Waals surface area contributed by atoms with Crippen molar-refractivity contribution in [2.24, 2.45) is 11.3 Å². The zero-order valence-corrected chi connectivity index (χ0v) is 10.4. The van der Waals surface area contributed by atoms with Crippen molar-refractivity contribution in [1.29, 1.82) is 0 Å². The Balaban J connectivity index is 4.48. The van der Waals surface area contributed by atoms with Gasteiger partial charge in [0, 0.05) is 0 Å². The van der Waals surface area contributed by atoms with Crippen molar-refractivity contribution in [2.75, 3.05) is 0 Å². The topological polar surface area (TPSA) is 0 Å². The maximum absolute atomic E-state index is 2.44. The van der Waals surface area contributed by atoms with Gasteiger partial charge in [0.05, 0.1) is 0 Å². The van der Waals surface area contributed by atoms with E-state index in [1.165, 1.54) is 6.42 Å². The second kappa shape index (κ2) is 4.88. The fraction of sp³-hybridized carbons (Fsp3) is 0.833. The van der Waals surface area contributed by atoms with Crippen LogP contribution in [-0.2, 0) is 0 Å². The molecule has 0 heterocycles. The van der Waals surface area contributed by atoms with Crippen molar-refractivity contribution < 1.29 is 0 Å². The summed E-state index contributed by atoms with van der Waals surface area (Å²) in [6, 6.07) is 0. The van der Waals surface area contributed by atoms with Gasteiger partial charge < -0.3 is 0 Å².